The number of phenols is 1. The minimum absolute atomic E-state index is 0.140. The van der Waals surface area contributed by atoms with Crippen LogP contribution in [0.1, 0.15) is 37.2 Å². The minimum atomic E-state index is -0.222. The summed E-state index contributed by atoms with van der Waals surface area (Å²) in [6.07, 6.45) is 2.07. The highest BCUT2D eigenvalue weighted by molar-refractivity contribution is 5.46. The van der Waals surface area contributed by atoms with Crippen molar-refractivity contribution < 1.29 is 9.50 Å². The molecule has 1 fully saturated rings. The number of tetrazole rings is 1. The monoisotopic (exact) mass is 410 g/mol. The van der Waals surface area contributed by atoms with Crippen LogP contribution >= 0.6 is 0 Å². The maximum atomic E-state index is 13.3. The van der Waals surface area contributed by atoms with Gasteiger partial charge in [0.25, 0.3) is 0 Å². The number of halogens is 1. The number of benzene rings is 2. The number of aromatic hydroxyl groups is 1. The number of aromatic nitrogens is 4. The molecule has 0 aliphatic carbocycles. The molecule has 0 spiro atoms. The van der Waals surface area contributed by atoms with Crippen LogP contribution in [0, 0.1) is 5.82 Å². The van der Waals surface area contributed by atoms with Crippen LogP contribution in [0.15, 0.2) is 48.5 Å². The fourth-order valence-corrected chi connectivity index (χ4v) is 3.98. The number of unbranched alkanes of at least 4 members (excludes halogenated alkanes) is 1. The number of phenolic OH excluding ortho intramolecular Hbond substituents is 1. The molecule has 158 valence electrons. The first-order chi connectivity index (χ1) is 14.7. The van der Waals surface area contributed by atoms with Gasteiger partial charge in [-0.25, -0.2) is 9.07 Å². The third kappa shape index (κ3) is 4.43. The van der Waals surface area contributed by atoms with Gasteiger partial charge in [0.2, 0.25) is 0 Å². The van der Waals surface area contributed by atoms with E-state index in [1.807, 2.05) is 28.9 Å². The Kier molecular flexibility index (Phi) is 6.23. The van der Waals surface area contributed by atoms with Crippen molar-refractivity contribution in [1.82, 2.24) is 25.1 Å². The van der Waals surface area contributed by atoms with Crippen LogP contribution in [0.25, 0.3) is 0 Å². The number of piperazine rings is 1. The number of rotatable bonds is 7. The predicted molar refractivity (Wildman–Crippen MR) is 113 cm³/mol. The zero-order valence-electron chi connectivity index (χ0n) is 17.2. The highest BCUT2D eigenvalue weighted by Gasteiger charge is 2.30. The molecule has 0 bridgehead atoms. The molecule has 4 rings (SSSR count). The molecule has 1 aromatic heterocycles. The molecule has 7 nitrogen and oxygen atoms in total. The van der Waals surface area contributed by atoms with Crippen molar-refractivity contribution in [3.8, 4) is 5.75 Å². The summed E-state index contributed by atoms with van der Waals surface area (Å²) in [5.41, 5.74) is 2.00. The Morgan fingerprint density at radius 2 is 1.83 bits per heavy atom. The largest absolute Gasteiger partial charge is 0.508 e. The van der Waals surface area contributed by atoms with Crippen LogP contribution in [0.4, 0.5) is 10.1 Å². The number of nitrogens with zero attached hydrogens (tertiary/aromatic N) is 6. The number of hydrogen-bond donors (Lipinski definition) is 1. The van der Waals surface area contributed by atoms with Gasteiger partial charge in [0.15, 0.2) is 5.82 Å². The molecule has 0 radical (unpaired) electrons. The molecule has 1 aliphatic rings. The van der Waals surface area contributed by atoms with E-state index < -0.39 is 0 Å². The third-order valence-corrected chi connectivity index (χ3v) is 5.58. The van der Waals surface area contributed by atoms with Crippen molar-refractivity contribution in [3.05, 3.63) is 65.7 Å². The fraction of sp³-hybridized carbons (Fsp3) is 0.409. The summed E-state index contributed by atoms with van der Waals surface area (Å²) in [6, 6.07) is 13.8. The normalized spacial score (nSPS) is 16.0. The lowest BCUT2D eigenvalue weighted by Crippen LogP contribution is -2.48. The van der Waals surface area contributed by atoms with E-state index in [4.69, 9.17) is 0 Å². The van der Waals surface area contributed by atoms with Crippen LogP contribution in [0.3, 0.4) is 0 Å². The summed E-state index contributed by atoms with van der Waals surface area (Å²) in [5, 5.41) is 22.6. The molecule has 2 heterocycles. The number of anilines is 1. The zero-order chi connectivity index (χ0) is 20.9. The summed E-state index contributed by atoms with van der Waals surface area (Å²) in [5.74, 6) is 0.805. The zero-order valence-corrected chi connectivity index (χ0v) is 17.2. The third-order valence-electron chi connectivity index (χ3n) is 5.58. The maximum absolute atomic E-state index is 13.3. The van der Waals surface area contributed by atoms with Gasteiger partial charge in [-0.2, -0.15) is 0 Å². The van der Waals surface area contributed by atoms with E-state index in [2.05, 4.69) is 32.2 Å². The summed E-state index contributed by atoms with van der Waals surface area (Å²) in [6.45, 7) is 6.15. The van der Waals surface area contributed by atoms with Crippen molar-refractivity contribution in [2.45, 2.75) is 32.4 Å². The first-order valence-electron chi connectivity index (χ1n) is 10.4. The lowest BCUT2D eigenvalue weighted by molar-refractivity contribution is 0.200. The molecule has 30 heavy (non-hydrogen) atoms. The molecule has 8 heteroatoms. The summed E-state index contributed by atoms with van der Waals surface area (Å²) >= 11 is 0. The minimum Gasteiger partial charge on any atom is -0.508 e. The smallest absolute Gasteiger partial charge is 0.173 e. The lowest BCUT2D eigenvalue weighted by atomic mass is 10.0. The van der Waals surface area contributed by atoms with E-state index in [1.165, 1.54) is 12.1 Å². The van der Waals surface area contributed by atoms with Crippen molar-refractivity contribution in [2.75, 3.05) is 31.1 Å². The highest BCUT2D eigenvalue weighted by atomic mass is 19.1. The molecule has 2 aromatic carbocycles. The summed E-state index contributed by atoms with van der Waals surface area (Å²) < 4.78 is 15.1. The summed E-state index contributed by atoms with van der Waals surface area (Å²) in [4.78, 5) is 4.61. The molecule has 1 unspecified atom stereocenters. The number of aryl methyl sites for hydroxylation is 1. The van der Waals surface area contributed by atoms with Gasteiger partial charge >= 0.3 is 0 Å². The standard InChI is InChI=1S/C22H27FN6O/c1-2-3-11-29-22(24-25-26-29)21(17-5-4-6-20(30)16-17)28-14-12-27(13-15-28)19-9-7-18(23)8-10-19/h4-10,16,21,30H,2-3,11-15H2,1H3. The van der Waals surface area contributed by atoms with Crippen LogP contribution in [-0.2, 0) is 6.54 Å². The van der Waals surface area contributed by atoms with E-state index in [0.29, 0.717) is 0 Å². The second kappa shape index (κ2) is 9.21. The Morgan fingerprint density at radius 1 is 1.07 bits per heavy atom. The molecular weight excluding hydrogens is 383 g/mol. The van der Waals surface area contributed by atoms with E-state index in [-0.39, 0.29) is 17.6 Å². The van der Waals surface area contributed by atoms with Gasteiger partial charge in [-0.3, -0.25) is 4.90 Å². The number of hydrogen-bond acceptors (Lipinski definition) is 6. The van der Waals surface area contributed by atoms with Gasteiger partial charge in [0.05, 0.1) is 6.04 Å². The van der Waals surface area contributed by atoms with Gasteiger partial charge in [-0.1, -0.05) is 25.5 Å². The van der Waals surface area contributed by atoms with Gasteiger partial charge in [0.1, 0.15) is 11.6 Å². The van der Waals surface area contributed by atoms with Gasteiger partial charge in [0, 0.05) is 38.4 Å². The quantitative estimate of drug-likeness (QED) is 0.645. The van der Waals surface area contributed by atoms with E-state index in [9.17, 15) is 9.50 Å². The lowest BCUT2D eigenvalue weighted by Gasteiger charge is -2.40. The van der Waals surface area contributed by atoms with E-state index in [1.54, 1.807) is 12.1 Å². The van der Waals surface area contributed by atoms with E-state index in [0.717, 1.165) is 62.6 Å². The SMILES string of the molecule is CCCCn1nnnc1C(c1cccc(O)c1)N1CCN(c2ccc(F)cc2)CC1. The topological polar surface area (TPSA) is 70.3 Å². The molecule has 3 aromatic rings. The van der Waals surface area contributed by atoms with E-state index >= 15 is 0 Å². The molecular formula is C22H27FN6O. The summed E-state index contributed by atoms with van der Waals surface area (Å²) in [7, 11) is 0. The predicted octanol–water partition coefficient (Wildman–Crippen LogP) is 3.23. The average molecular weight is 410 g/mol. The molecule has 0 amide bonds. The first-order valence-corrected chi connectivity index (χ1v) is 10.4. The van der Waals surface area contributed by atoms with Gasteiger partial charge in [-0.15, -0.1) is 5.10 Å². The molecule has 1 N–H and O–H groups in total. The molecule has 0 saturated carbocycles. The second-order valence-corrected chi connectivity index (χ2v) is 7.61. The Balaban J connectivity index is 1.58. The first kappa shape index (κ1) is 20.3. The van der Waals surface area contributed by atoms with Crippen LogP contribution < -0.4 is 4.90 Å². The average Bonchev–Trinajstić information content (AvgIpc) is 3.22. The van der Waals surface area contributed by atoms with Crippen LogP contribution in [0.5, 0.6) is 5.75 Å². The van der Waals surface area contributed by atoms with Crippen molar-refractivity contribution in [2.24, 2.45) is 0 Å². The molecule has 1 atom stereocenters. The van der Waals surface area contributed by atoms with Crippen molar-refractivity contribution >= 4 is 5.69 Å². The Labute approximate surface area is 175 Å². The van der Waals surface area contributed by atoms with Gasteiger partial charge < -0.3 is 10.0 Å². The molecule has 1 aliphatic heterocycles. The highest BCUT2D eigenvalue weighted by Crippen LogP contribution is 2.31. The van der Waals surface area contributed by atoms with Crippen molar-refractivity contribution in [1.29, 1.82) is 0 Å². The fourth-order valence-electron chi connectivity index (χ4n) is 3.98. The van der Waals surface area contributed by atoms with Crippen LogP contribution in [0.2, 0.25) is 0 Å². The molecule has 1 saturated heterocycles. The van der Waals surface area contributed by atoms with Crippen molar-refractivity contribution in [3.63, 3.8) is 0 Å². The second-order valence-electron chi connectivity index (χ2n) is 7.61. The van der Waals surface area contributed by atoms with Gasteiger partial charge in [-0.05, 0) is 58.8 Å². The maximum Gasteiger partial charge on any atom is 0.173 e. The van der Waals surface area contributed by atoms with Crippen LogP contribution in [-0.4, -0.2) is 56.4 Å². The Hall–Kier alpha value is -3.00. The Morgan fingerprint density at radius 3 is 2.53 bits per heavy atom. The Bertz CT molecular complexity index is 952.